The molecule has 2 heterocycles. The van der Waals surface area contributed by atoms with Crippen molar-refractivity contribution in [2.45, 2.75) is 31.5 Å². The van der Waals surface area contributed by atoms with Crippen molar-refractivity contribution in [1.82, 2.24) is 9.88 Å². The number of pyridine rings is 1. The summed E-state index contributed by atoms with van der Waals surface area (Å²) in [6, 6.07) is 8.46. The van der Waals surface area contributed by atoms with E-state index in [1.807, 2.05) is 17.0 Å². The molecule has 1 aromatic heterocycles. The number of carbonyl (C=O) groups is 1. The van der Waals surface area contributed by atoms with Gasteiger partial charge in [-0.1, -0.05) is 11.8 Å². The van der Waals surface area contributed by atoms with Crippen LogP contribution in [0, 0.1) is 35.2 Å². The molecule has 1 fully saturated rings. The Balaban J connectivity index is 1.40. The lowest BCUT2D eigenvalue weighted by Gasteiger charge is -2.37. The van der Waals surface area contributed by atoms with Crippen molar-refractivity contribution >= 4 is 17.1 Å². The van der Waals surface area contributed by atoms with Crippen molar-refractivity contribution < 1.29 is 37.7 Å². The van der Waals surface area contributed by atoms with Gasteiger partial charge in [0.05, 0.1) is 30.8 Å². The van der Waals surface area contributed by atoms with Gasteiger partial charge < -0.3 is 19.7 Å². The van der Waals surface area contributed by atoms with Gasteiger partial charge >= 0.3 is 6.16 Å². The molecular weight excluding hydrogens is 501 g/mol. The predicted molar refractivity (Wildman–Crippen MR) is 133 cm³/mol. The lowest BCUT2D eigenvalue weighted by molar-refractivity contribution is -0.0208. The van der Waals surface area contributed by atoms with E-state index in [0.717, 1.165) is 17.0 Å². The van der Waals surface area contributed by atoms with E-state index in [4.69, 9.17) is 9.47 Å². The maximum absolute atomic E-state index is 13.8. The first-order valence-corrected chi connectivity index (χ1v) is 12.1. The number of halogens is 3. The maximum Gasteiger partial charge on any atom is 0.506 e. The molecule has 1 aliphatic rings. The van der Waals surface area contributed by atoms with Crippen molar-refractivity contribution in [3.05, 3.63) is 71.2 Å². The van der Waals surface area contributed by atoms with Crippen LogP contribution in [0.25, 0.3) is 10.9 Å². The molecule has 0 saturated carbocycles. The molecule has 0 bridgehead atoms. The van der Waals surface area contributed by atoms with Crippen LogP contribution in [0.5, 0.6) is 5.75 Å². The van der Waals surface area contributed by atoms with E-state index in [2.05, 4.69) is 16.8 Å². The Kier molecular flexibility index (Phi) is 8.71. The van der Waals surface area contributed by atoms with Gasteiger partial charge in [0, 0.05) is 24.2 Å². The lowest BCUT2D eigenvalue weighted by atomic mass is 9.87. The molecule has 3 aromatic rings. The normalized spacial score (nSPS) is 18.4. The van der Waals surface area contributed by atoms with E-state index in [1.165, 1.54) is 0 Å². The molecule has 0 amide bonds. The summed E-state index contributed by atoms with van der Waals surface area (Å²) in [6.07, 6.45) is 0.243. The summed E-state index contributed by atoms with van der Waals surface area (Å²) < 4.78 is 51.0. The largest absolute Gasteiger partial charge is 0.506 e. The Morgan fingerprint density at radius 1 is 1.24 bits per heavy atom. The summed E-state index contributed by atoms with van der Waals surface area (Å²) in [5, 5.41) is 21.0. The minimum Gasteiger partial charge on any atom is -0.497 e. The predicted octanol–water partition coefficient (Wildman–Crippen LogP) is 4.91. The summed E-state index contributed by atoms with van der Waals surface area (Å²) in [5.74, 6) is 2.19. The molecule has 7 nitrogen and oxygen atoms in total. The van der Waals surface area contributed by atoms with Crippen LogP contribution in [0.3, 0.4) is 0 Å². The first kappa shape index (κ1) is 27.2. The van der Waals surface area contributed by atoms with E-state index in [9.17, 15) is 28.2 Å². The summed E-state index contributed by atoms with van der Waals surface area (Å²) in [4.78, 5) is 17.5. The smallest absolute Gasteiger partial charge is 0.497 e. The molecule has 200 valence electrons. The number of hydrogen-bond donors (Lipinski definition) is 2. The van der Waals surface area contributed by atoms with Gasteiger partial charge in [0.1, 0.15) is 17.7 Å². The third-order valence-electron chi connectivity index (χ3n) is 6.70. The third-order valence-corrected chi connectivity index (χ3v) is 6.70. The van der Waals surface area contributed by atoms with E-state index in [-0.39, 0.29) is 24.6 Å². The lowest BCUT2D eigenvalue weighted by Crippen LogP contribution is -2.46. The Labute approximate surface area is 217 Å². The molecule has 0 aliphatic carbocycles. The highest BCUT2D eigenvalue weighted by atomic mass is 19.2. The number of ether oxygens (including phenoxy) is 2. The Morgan fingerprint density at radius 2 is 2.05 bits per heavy atom. The van der Waals surface area contributed by atoms with E-state index in [0.29, 0.717) is 43.2 Å². The summed E-state index contributed by atoms with van der Waals surface area (Å²) in [5.41, 5.74) is 1.05. The fourth-order valence-electron chi connectivity index (χ4n) is 4.75. The SMILES string of the molecule is COc1ccc2nccc(C(O)CC[C@@H]3CCN(CC#Cc4cc(F)cc(F)c4F)C[C@@H]3OC(=O)O)c2c1. The van der Waals surface area contributed by atoms with Crippen LogP contribution in [0.1, 0.15) is 36.5 Å². The average molecular weight is 529 g/mol. The highest BCUT2D eigenvalue weighted by Gasteiger charge is 2.32. The summed E-state index contributed by atoms with van der Waals surface area (Å²) in [7, 11) is 1.56. The number of benzene rings is 2. The van der Waals surface area contributed by atoms with Gasteiger partial charge in [-0.3, -0.25) is 9.88 Å². The Bertz CT molecular complexity index is 1370. The van der Waals surface area contributed by atoms with Crippen molar-refractivity contribution in [2.75, 3.05) is 26.7 Å². The van der Waals surface area contributed by atoms with Gasteiger partial charge in [-0.05, 0) is 67.6 Å². The fourth-order valence-corrected chi connectivity index (χ4v) is 4.75. The monoisotopic (exact) mass is 528 g/mol. The number of aliphatic hydroxyl groups excluding tert-OH is 1. The van der Waals surface area contributed by atoms with Gasteiger partial charge in [0.2, 0.25) is 0 Å². The second-order valence-electron chi connectivity index (χ2n) is 9.13. The van der Waals surface area contributed by atoms with Crippen LogP contribution in [0.2, 0.25) is 0 Å². The summed E-state index contributed by atoms with van der Waals surface area (Å²) in [6.45, 7) is 0.943. The molecule has 1 aliphatic heterocycles. The van der Waals surface area contributed by atoms with E-state index in [1.54, 1.807) is 25.4 Å². The summed E-state index contributed by atoms with van der Waals surface area (Å²) >= 11 is 0. The molecule has 10 heteroatoms. The number of aliphatic hydroxyl groups is 1. The van der Waals surface area contributed by atoms with Crippen LogP contribution >= 0.6 is 0 Å². The zero-order valence-electron chi connectivity index (χ0n) is 20.7. The molecule has 2 aromatic carbocycles. The van der Waals surface area contributed by atoms with E-state index >= 15 is 0 Å². The van der Waals surface area contributed by atoms with Crippen LogP contribution in [-0.4, -0.2) is 59.1 Å². The number of likely N-dealkylation sites (tertiary alicyclic amines) is 1. The number of rotatable bonds is 7. The molecule has 1 saturated heterocycles. The van der Waals surface area contributed by atoms with Crippen molar-refractivity contribution in [3.8, 4) is 17.6 Å². The van der Waals surface area contributed by atoms with Gasteiger partial charge in [-0.25, -0.2) is 18.0 Å². The first-order valence-electron chi connectivity index (χ1n) is 12.1. The molecule has 0 radical (unpaired) electrons. The molecule has 0 spiro atoms. The molecule has 4 rings (SSSR count). The number of aromatic nitrogens is 1. The Hall–Kier alpha value is -3.81. The highest BCUT2D eigenvalue weighted by Crippen LogP contribution is 2.32. The zero-order chi connectivity index (χ0) is 27.2. The first-order chi connectivity index (χ1) is 18.2. The van der Waals surface area contributed by atoms with Gasteiger partial charge in [0.15, 0.2) is 11.6 Å². The van der Waals surface area contributed by atoms with E-state index < -0.39 is 35.8 Å². The number of carboxylic acid groups (broad SMARTS) is 1. The maximum atomic E-state index is 13.8. The number of fused-ring (bicyclic) bond motifs is 1. The van der Waals surface area contributed by atoms with Gasteiger partial charge in [-0.15, -0.1) is 0 Å². The number of methoxy groups -OCH3 is 1. The average Bonchev–Trinajstić information content (AvgIpc) is 2.89. The minimum atomic E-state index is -1.40. The Morgan fingerprint density at radius 3 is 2.82 bits per heavy atom. The van der Waals surface area contributed by atoms with Crippen molar-refractivity contribution in [3.63, 3.8) is 0 Å². The number of nitrogens with zero attached hydrogens (tertiary/aromatic N) is 2. The number of hydrogen-bond acceptors (Lipinski definition) is 6. The third kappa shape index (κ3) is 6.54. The second-order valence-corrected chi connectivity index (χ2v) is 9.13. The minimum absolute atomic E-state index is 0.136. The van der Waals surface area contributed by atoms with Gasteiger partial charge in [-0.2, -0.15) is 0 Å². The van der Waals surface area contributed by atoms with Crippen molar-refractivity contribution in [2.24, 2.45) is 5.92 Å². The van der Waals surface area contributed by atoms with Crippen molar-refractivity contribution in [1.29, 1.82) is 0 Å². The molecule has 2 N–H and O–H groups in total. The zero-order valence-corrected chi connectivity index (χ0v) is 20.7. The van der Waals surface area contributed by atoms with Gasteiger partial charge in [0.25, 0.3) is 0 Å². The number of piperidine rings is 1. The van der Waals surface area contributed by atoms with Crippen LogP contribution in [0.4, 0.5) is 18.0 Å². The fraction of sp³-hybridized carbons (Fsp3) is 0.357. The molecule has 1 unspecified atom stereocenters. The second kappa shape index (κ2) is 12.2. The van der Waals surface area contributed by atoms with Crippen LogP contribution < -0.4 is 4.74 Å². The topological polar surface area (TPSA) is 92.1 Å². The van der Waals surface area contributed by atoms with Crippen LogP contribution in [-0.2, 0) is 4.74 Å². The van der Waals surface area contributed by atoms with Crippen LogP contribution in [0.15, 0.2) is 42.6 Å². The molecule has 3 atom stereocenters. The quantitative estimate of drug-likeness (QED) is 0.256. The molecular formula is C28H27F3N2O5. The highest BCUT2D eigenvalue weighted by molar-refractivity contribution is 5.83. The standard InChI is InChI=1S/C28H27F3N2O5/c1-37-20-5-6-24-22(15-20)21(8-10-32-24)25(34)7-4-17-9-12-33(16-26(17)38-28(35)36)11-2-3-18-13-19(29)14-23(30)27(18)31/h5-6,8,10,13-15,17,25-26,34H,4,7,9,11-12,16H2,1H3,(H,35,36)/t17-,25?,26+/m1/s1. The molecule has 38 heavy (non-hydrogen) atoms.